The summed E-state index contributed by atoms with van der Waals surface area (Å²) in [6, 6.07) is 28.6. The highest BCUT2D eigenvalue weighted by atomic mass is 15.3. The van der Waals surface area contributed by atoms with Crippen molar-refractivity contribution >= 4 is 34.5 Å². The van der Waals surface area contributed by atoms with Crippen molar-refractivity contribution in [2.75, 3.05) is 5.73 Å². The van der Waals surface area contributed by atoms with Gasteiger partial charge in [-0.1, -0.05) is 78.4 Å². The first-order valence-electron chi connectivity index (χ1n) is 12.2. The molecule has 176 valence electrons. The first-order chi connectivity index (χ1) is 17.7. The molecule has 5 aromatic rings. The minimum Gasteiger partial charge on any atom is -0.380 e. The fraction of sp³-hybridized carbons (Fsp3) is 0.133. The molecule has 0 atom stereocenters. The molecule has 0 spiro atoms. The molecule has 6 rings (SSSR count). The van der Waals surface area contributed by atoms with Crippen molar-refractivity contribution in [2.24, 2.45) is 10.2 Å². The molecule has 36 heavy (non-hydrogen) atoms. The highest BCUT2D eigenvalue weighted by Gasteiger charge is 2.26. The Balaban J connectivity index is 1.59. The van der Waals surface area contributed by atoms with Crippen LogP contribution in [-0.2, 0) is 6.42 Å². The number of hydrogen-bond donors (Lipinski definition) is 1. The molecule has 2 aromatic heterocycles. The Kier molecular flexibility index (Phi) is 5.62. The topological polar surface area (TPSA) is 80.9 Å². The molecule has 0 bridgehead atoms. The average Bonchev–Trinajstić information content (AvgIpc) is 3.22. The minimum atomic E-state index is 0.312. The number of fused-ring (bicyclic) bond motifs is 2. The summed E-state index contributed by atoms with van der Waals surface area (Å²) in [4.78, 5) is 5.13. The van der Waals surface area contributed by atoms with Crippen LogP contribution in [0.2, 0.25) is 0 Å². The van der Waals surface area contributed by atoms with E-state index in [1.165, 1.54) is 16.7 Å². The quantitative estimate of drug-likeness (QED) is 0.275. The molecule has 1 aliphatic carbocycles. The highest BCUT2D eigenvalue weighted by Crippen LogP contribution is 2.40. The molecule has 1 aliphatic rings. The van der Waals surface area contributed by atoms with Gasteiger partial charge in [-0.25, -0.2) is 9.50 Å². The van der Waals surface area contributed by atoms with Gasteiger partial charge in [-0.3, -0.25) is 0 Å². The van der Waals surface area contributed by atoms with Crippen molar-refractivity contribution in [3.05, 3.63) is 107 Å². The Morgan fingerprint density at radius 3 is 2.33 bits per heavy atom. The Hall–Kier alpha value is -4.58. The number of nitrogens with two attached hydrogens (primary N) is 1. The SMILES string of the molecule is Cc1ccc(N=Nc2c(N)nn3c(-c4ccccc4)c4c(nc23)/C(=C\c2ccccc2)CCC4)cc1. The summed E-state index contributed by atoms with van der Waals surface area (Å²) in [5.41, 5.74) is 16.1. The maximum absolute atomic E-state index is 6.41. The Morgan fingerprint density at radius 2 is 1.58 bits per heavy atom. The second kappa shape index (κ2) is 9.23. The van der Waals surface area contributed by atoms with Gasteiger partial charge >= 0.3 is 0 Å². The second-order valence-electron chi connectivity index (χ2n) is 9.09. The maximum atomic E-state index is 6.41. The van der Waals surface area contributed by atoms with Gasteiger partial charge in [0.2, 0.25) is 0 Å². The Bertz CT molecular complexity index is 1600. The maximum Gasteiger partial charge on any atom is 0.186 e. The van der Waals surface area contributed by atoms with E-state index in [-0.39, 0.29) is 0 Å². The number of anilines is 1. The van der Waals surface area contributed by atoms with Crippen LogP contribution >= 0.6 is 0 Å². The van der Waals surface area contributed by atoms with Crippen LogP contribution in [-0.4, -0.2) is 14.6 Å². The molecule has 0 radical (unpaired) electrons. The van der Waals surface area contributed by atoms with Crippen molar-refractivity contribution in [3.8, 4) is 11.3 Å². The third-order valence-corrected chi connectivity index (χ3v) is 6.53. The molecule has 0 amide bonds. The largest absolute Gasteiger partial charge is 0.380 e. The van der Waals surface area contributed by atoms with Gasteiger partial charge in [0.25, 0.3) is 0 Å². The third kappa shape index (κ3) is 4.07. The van der Waals surface area contributed by atoms with Gasteiger partial charge in [-0.2, -0.15) is 5.11 Å². The lowest BCUT2D eigenvalue weighted by Gasteiger charge is -2.22. The van der Waals surface area contributed by atoms with Crippen molar-refractivity contribution in [1.82, 2.24) is 14.6 Å². The number of rotatable bonds is 4. The van der Waals surface area contributed by atoms with Crippen LogP contribution in [0.25, 0.3) is 28.6 Å². The fourth-order valence-electron chi connectivity index (χ4n) is 4.76. The molecule has 2 N–H and O–H groups in total. The van der Waals surface area contributed by atoms with Crippen molar-refractivity contribution < 1.29 is 0 Å². The van der Waals surface area contributed by atoms with E-state index in [4.69, 9.17) is 15.8 Å². The number of allylic oxidation sites excluding steroid dienone is 1. The van der Waals surface area contributed by atoms with E-state index in [1.54, 1.807) is 0 Å². The number of azo groups is 1. The lowest BCUT2D eigenvalue weighted by atomic mass is 9.87. The van der Waals surface area contributed by atoms with Crippen LogP contribution in [0.3, 0.4) is 0 Å². The molecule has 3 aromatic carbocycles. The Morgan fingerprint density at radius 1 is 0.861 bits per heavy atom. The summed E-state index contributed by atoms with van der Waals surface area (Å²) in [5, 5.41) is 13.7. The predicted octanol–water partition coefficient (Wildman–Crippen LogP) is 7.58. The molecular formula is C30H26N6. The van der Waals surface area contributed by atoms with Crippen LogP contribution in [0.5, 0.6) is 0 Å². The molecule has 0 fully saturated rings. The smallest absolute Gasteiger partial charge is 0.186 e. The van der Waals surface area contributed by atoms with E-state index >= 15 is 0 Å². The van der Waals surface area contributed by atoms with E-state index in [2.05, 4.69) is 52.7 Å². The van der Waals surface area contributed by atoms with Crippen LogP contribution < -0.4 is 5.73 Å². The minimum absolute atomic E-state index is 0.312. The zero-order valence-corrected chi connectivity index (χ0v) is 20.1. The van der Waals surface area contributed by atoms with Crippen molar-refractivity contribution in [1.29, 1.82) is 0 Å². The summed E-state index contributed by atoms with van der Waals surface area (Å²) < 4.78 is 1.85. The number of aryl methyl sites for hydroxylation is 1. The number of nitrogens with zero attached hydrogens (tertiary/aromatic N) is 5. The Labute approximate surface area is 209 Å². The predicted molar refractivity (Wildman–Crippen MR) is 145 cm³/mol. The number of aromatic nitrogens is 3. The lowest BCUT2D eigenvalue weighted by Crippen LogP contribution is -2.11. The van der Waals surface area contributed by atoms with Gasteiger partial charge in [-0.05, 0) is 55.5 Å². The third-order valence-electron chi connectivity index (χ3n) is 6.53. The molecule has 0 saturated heterocycles. The van der Waals surface area contributed by atoms with Crippen LogP contribution in [0.1, 0.15) is 35.2 Å². The number of hydrogen-bond acceptors (Lipinski definition) is 5. The standard InChI is InChI=1S/C30H26N6/c1-20-15-17-24(18-16-20)33-34-27-29(31)35-36-28(22-11-6-3-7-12-22)25-14-8-13-23(26(25)32-30(27)36)19-21-9-4-2-5-10-21/h2-7,9-12,15-19H,8,13-14H2,1H3,(H2,31,35)/b23-19-,34-33?. The highest BCUT2D eigenvalue weighted by molar-refractivity contribution is 5.88. The van der Waals surface area contributed by atoms with Gasteiger partial charge in [0.1, 0.15) is 0 Å². The van der Waals surface area contributed by atoms with E-state index in [9.17, 15) is 0 Å². The molecule has 2 heterocycles. The first kappa shape index (κ1) is 21.9. The zero-order chi connectivity index (χ0) is 24.5. The fourth-order valence-corrected chi connectivity index (χ4v) is 4.76. The number of nitrogen functional groups attached to an aromatic ring is 1. The molecule has 0 saturated carbocycles. The van der Waals surface area contributed by atoms with Crippen LogP contribution in [0, 0.1) is 6.92 Å². The monoisotopic (exact) mass is 470 g/mol. The average molecular weight is 471 g/mol. The van der Waals surface area contributed by atoms with Gasteiger partial charge in [0.15, 0.2) is 17.2 Å². The summed E-state index contributed by atoms with van der Waals surface area (Å²) in [7, 11) is 0. The van der Waals surface area contributed by atoms with Crippen LogP contribution in [0.4, 0.5) is 17.2 Å². The molecular weight excluding hydrogens is 444 g/mol. The van der Waals surface area contributed by atoms with Crippen LogP contribution in [0.15, 0.2) is 95.2 Å². The van der Waals surface area contributed by atoms with E-state index in [0.717, 1.165) is 47.5 Å². The van der Waals surface area contributed by atoms with Gasteiger partial charge < -0.3 is 5.73 Å². The van der Waals surface area contributed by atoms with Gasteiger partial charge in [0, 0.05) is 11.1 Å². The molecule has 6 nitrogen and oxygen atoms in total. The van der Waals surface area contributed by atoms with Crippen molar-refractivity contribution in [2.45, 2.75) is 26.2 Å². The first-order valence-corrected chi connectivity index (χ1v) is 12.2. The van der Waals surface area contributed by atoms with E-state index in [0.29, 0.717) is 17.2 Å². The van der Waals surface area contributed by atoms with E-state index in [1.807, 2.05) is 60.0 Å². The zero-order valence-electron chi connectivity index (χ0n) is 20.1. The normalized spacial score (nSPS) is 14.5. The summed E-state index contributed by atoms with van der Waals surface area (Å²) in [5.74, 6) is 0.312. The summed E-state index contributed by atoms with van der Waals surface area (Å²) in [6.45, 7) is 2.04. The summed E-state index contributed by atoms with van der Waals surface area (Å²) in [6.07, 6.45) is 5.18. The molecule has 0 aliphatic heterocycles. The molecule has 6 heteroatoms. The molecule has 0 unspecified atom stereocenters. The van der Waals surface area contributed by atoms with E-state index < -0.39 is 0 Å². The van der Waals surface area contributed by atoms with Gasteiger partial charge in [0.05, 0.1) is 17.1 Å². The lowest BCUT2D eigenvalue weighted by molar-refractivity contribution is 0.793. The van der Waals surface area contributed by atoms with Gasteiger partial charge in [-0.15, -0.1) is 10.2 Å². The second-order valence-corrected chi connectivity index (χ2v) is 9.09. The summed E-state index contributed by atoms with van der Waals surface area (Å²) >= 11 is 0. The number of benzene rings is 3. The van der Waals surface area contributed by atoms with Crippen molar-refractivity contribution in [3.63, 3.8) is 0 Å².